The average Bonchev–Trinajstić information content (AvgIpc) is 3.14. The van der Waals surface area contributed by atoms with E-state index in [1.54, 1.807) is 0 Å². The Kier molecular flexibility index (Phi) is 38.1. The summed E-state index contributed by atoms with van der Waals surface area (Å²) in [5, 5.41) is 0. The largest absolute Gasteiger partial charge is 0.472 e. The van der Waals surface area contributed by atoms with E-state index in [-0.39, 0.29) is 32.6 Å². The van der Waals surface area contributed by atoms with Gasteiger partial charge in [0.1, 0.15) is 6.61 Å². The van der Waals surface area contributed by atoms with E-state index in [4.69, 9.17) is 24.3 Å². The third-order valence-electron chi connectivity index (χ3n) is 8.83. The number of hydrogen-bond acceptors (Lipinski definition) is 8. The molecule has 2 atom stereocenters. The van der Waals surface area contributed by atoms with Gasteiger partial charge in [-0.2, -0.15) is 0 Å². The van der Waals surface area contributed by atoms with Gasteiger partial charge in [-0.3, -0.25) is 18.6 Å². The molecule has 0 aromatic carbocycles. The maximum atomic E-state index is 12.6. The second-order valence-electron chi connectivity index (χ2n) is 13.9. The van der Waals surface area contributed by atoms with Crippen LogP contribution in [0, 0.1) is 0 Å². The molecule has 0 saturated heterocycles. The molecule has 308 valence electrons. The van der Waals surface area contributed by atoms with E-state index in [1.807, 2.05) is 6.08 Å². The molecule has 0 aromatic heterocycles. The first-order valence-corrected chi connectivity index (χ1v) is 22.6. The third kappa shape index (κ3) is 39.5. The fourth-order valence-corrected chi connectivity index (χ4v) is 6.44. The highest BCUT2D eigenvalue weighted by atomic mass is 31.2. The van der Waals surface area contributed by atoms with Gasteiger partial charge in [-0.05, 0) is 64.2 Å². The fraction of sp³-hybridized carbons (Fsp3) is 0.767. The van der Waals surface area contributed by atoms with Crippen LogP contribution in [0.15, 0.2) is 49.1 Å². The minimum Gasteiger partial charge on any atom is -0.462 e. The van der Waals surface area contributed by atoms with Gasteiger partial charge in [0.2, 0.25) is 0 Å². The van der Waals surface area contributed by atoms with Crippen molar-refractivity contribution in [3.63, 3.8) is 0 Å². The van der Waals surface area contributed by atoms with Crippen molar-refractivity contribution in [2.75, 3.05) is 26.4 Å². The highest BCUT2D eigenvalue weighted by Gasteiger charge is 2.26. The van der Waals surface area contributed by atoms with Gasteiger partial charge in [0, 0.05) is 19.4 Å². The van der Waals surface area contributed by atoms with Crippen LogP contribution in [0.1, 0.15) is 180 Å². The molecule has 9 nitrogen and oxygen atoms in total. The molecule has 0 aromatic rings. The molecule has 0 fully saturated rings. The van der Waals surface area contributed by atoms with Gasteiger partial charge in [0.05, 0.1) is 13.2 Å². The van der Waals surface area contributed by atoms with Crippen molar-refractivity contribution in [3.05, 3.63) is 49.1 Å². The van der Waals surface area contributed by atoms with Crippen LogP contribution in [-0.2, 0) is 32.7 Å². The maximum Gasteiger partial charge on any atom is 0.472 e. The molecule has 0 aliphatic carbocycles. The molecule has 10 heteroatoms. The summed E-state index contributed by atoms with van der Waals surface area (Å²) in [7, 11) is -4.38. The minimum absolute atomic E-state index is 0.0477. The Labute approximate surface area is 324 Å². The van der Waals surface area contributed by atoms with E-state index in [9.17, 15) is 19.0 Å². The molecule has 0 heterocycles. The smallest absolute Gasteiger partial charge is 0.462 e. The van der Waals surface area contributed by atoms with Gasteiger partial charge in [0.25, 0.3) is 0 Å². The second kappa shape index (κ2) is 39.7. The van der Waals surface area contributed by atoms with Crippen LogP contribution in [0.3, 0.4) is 0 Å². The van der Waals surface area contributed by atoms with E-state index in [2.05, 4.69) is 50.0 Å². The number of phosphoric ester groups is 1. The first-order chi connectivity index (χ1) is 25.8. The number of hydrogen-bond donors (Lipinski definition) is 2. The first kappa shape index (κ1) is 51.0. The number of esters is 2. The van der Waals surface area contributed by atoms with Crippen LogP contribution in [0.4, 0.5) is 0 Å². The van der Waals surface area contributed by atoms with Crippen molar-refractivity contribution in [1.82, 2.24) is 0 Å². The minimum atomic E-state index is -4.38. The highest BCUT2D eigenvalue weighted by Crippen LogP contribution is 2.43. The van der Waals surface area contributed by atoms with Crippen molar-refractivity contribution in [2.45, 2.75) is 186 Å². The van der Waals surface area contributed by atoms with Crippen molar-refractivity contribution in [3.8, 4) is 0 Å². The number of ether oxygens (including phenoxy) is 2. The van der Waals surface area contributed by atoms with Crippen molar-refractivity contribution in [1.29, 1.82) is 0 Å². The zero-order valence-electron chi connectivity index (χ0n) is 33.6. The van der Waals surface area contributed by atoms with E-state index in [0.717, 1.165) is 64.2 Å². The maximum absolute atomic E-state index is 12.6. The Morgan fingerprint density at radius 1 is 0.623 bits per heavy atom. The summed E-state index contributed by atoms with van der Waals surface area (Å²) in [6.45, 7) is 5.19. The molecule has 0 bridgehead atoms. The summed E-state index contributed by atoms with van der Waals surface area (Å²) in [5.41, 5.74) is 5.34. The number of rotatable bonds is 40. The highest BCUT2D eigenvalue weighted by molar-refractivity contribution is 7.47. The number of phosphoric acid groups is 1. The summed E-state index contributed by atoms with van der Waals surface area (Å²) >= 11 is 0. The molecular weight excluding hydrogens is 689 g/mol. The number of allylic oxidation sites excluding steroid dienone is 7. The summed E-state index contributed by atoms with van der Waals surface area (Å²) in [6.07, 6.45) is 43.1. The monoisotopic (exact) mass is 768 g/mol. The first-order valence-electron chi connectivity index (χ1n) is 21.1. The number of nitrogens with two attached hydrogens (primary N) is 1. The predicted molar refractivity (Wildman–Crippen MR) is 220 cm³/mol. The van der Waals surface area contributed by atoms with E-state index >= 15 is 0 Å². The summed E-state index contributed by atoms with van der Waals surface area (Å²) < 4.78 is 32.7. The quantitative estimate of drug-likeness (QED) is 0.0270. The molecule has 0 amide bonds. The van der Waals surface area contributed by atoms with Gasteiger partial charge in [-0.25, -0.2) is 4.57 Å². The van der Waals surface area contributed by atoms with Gasteiger partial charge < -0.3 is 20.1 Å². The molecule has 0 saturated carbocycles. The van der Waals surface area contributed by atoms with E-state index in [1.165, 1.54) is 89.9 Å². The van der Waals surface area contributed by atoms with Gasteiger partial charge in [-0.15, -0.1) is 6.58 Å². The Morgan fingerprint density at radius 3 is 1.58 bits per heavy atom. The van der Waals surface area contributed by atoms with Crippen LogP contribution in [0.2, 0.25) is 0 Å². The predicted octanol–water partition coefficient (Wildman–Crippen LogP) is 11.9. The Hall–Kier alpha value is -2.03. The SMILES string of the molecule is C=CCCCCCCCCCCCCCCCC(=O)OC[C@H](COP(=O)(O)OCCN)OC(=O)CCCCCC/C=C/C/C=C/C/C=C/CCCCC. The molecule has 1 unspecified atom stereocenters. The number of carbonyl (C=O) groups excluding carboxylic acids is 2. The van der Waals surface area contributed by atoms with Crippen LogP contribution in [0.25, 0.3) is 0 Å². The lowest BCUT2D eigenvalue weighted by Crippen LogP contribution is -2.29. The van der Waals surface area contributed by atoms with Crippen molar-refractivity contribution in [2.24, 2.45) is 5.73 Å². The van der Waals surface area contributed by atoms with E-state index in [0.29, 0.717) is 6.42 Å². The standard InChI is InChI=1S/C43H78NO8P/c1-3-5-7-9-11-13-15-17-19-20-22-24-26-28-30-32-34-36-43(46)52-41(40-51-53(47,48)50-38-37-44)39-49-42(45)35-33-31-29-27-25-23-21-18-16-14-12-10-8-6-4-2/h4,11,13,17,19,22,24,41H,2-3,5-10,12,14-16,18,20-21,23,25-40,44H2,1H3,(H,47,48)/b13-11+,19-17+,24-22+/t41-/m1/s1. The molecule has 0 spiro atoms. The number of unbranched alkanes of at least 4 members (excludes halogenated alkanes) is 20. The summed E-state index contributed by atoms with van der Waals surface area (Å²) in [6, 6.07) is 0. The zero-order valence-corrected chi connectivity index (χ0v) is 34.5. The van der Waals surface area contributed by atoms with Crippen LogP contribution in [-0.4, -0.2) is 49.3 Å². The summed E-state index contributed by atoms with van der Waals surface area (Å²) in [5.74, 6) is -0.857. The van der Waals surface area contributed by atoms with Crippen LogP contribution < -0.4 is 5.73 Å². The molecular formula is C43H78NO8P. The van der Waals surface area contributed by atoms with Crippen LogP contribution in [0.5, 0.6) is 0 Å². The third-order valence-corrected chi connectivity index (χ3v) is 9.82. The molecule has 0 aliphatic rings. The molecule has 53 heavy (non-hydrogen) atoms. The summed E-state index contributed by atoms with van der Waals surface area (Å²) in [4.78, 5) is 34.8. The average molecular weight is 768 g/mol. The lowest BCUT2D eigenvalue weighted by atomic mass is 10.0. The van der Waals surface area contributed by atoms with Gasteiger partial charge >= 0.3 is 19.8 Å². The lowest BCUT2D eigenvalue weighted by molar-refractivity contribution is -0.161. The van der Waals surface area contributed by atoms with Crippen LogP contribution >= 0.6 is 7.82 Å². The zero-order chi connectivity index (χ0) is 38.9. The fourth-order valence-electron chi connectivity index (χ4n) is 5.68. The van der Waals surface area contributed by atoms with Gasteiger partial charge in [0.15, 0.2) is 6.10 Å². The van der Waals surface area contributed by atoms with E-state index < -0.39 is 32.5 Å². The Balaban J connectivity index is 4.20. The van der Waals surface area contributed by atoms with Gasteiger partial charge in [-0.1, -0.05) is 146 Å². The molecule has 3 N–H and O–H groups in total. The molecule has 0 aliphatic heterocycles. The Morgan fingerprint density at radius 2 is 1.08 bits per heavy atom. The second-order valence-corrected chi connectivity index (χ2v) is 15.4. The topological polar surface area (TPSA) is 134 Å². The normalized spacial score (nSPS) is 13.6. The number of carbonyl (C=O) groups is 2. The molecule has 0 rings (SSSR count). The lowest BCUT2D eigenvalue weighted by Gasteiger charge is -2.19. The molecule has 0 radical (unpaired) electrons. The van der Waals surface area contributed by atoms with Crippen molar-refractivity contribution < 1.29 is 37.6 Å². The Bertz CT molecular complexity index is 999. The van der Waals surface area contributed by atoms with Crippen molar-refractivity contribution >= 4 is 19.8 Å².